The summed E-state index contributed by atoms with van der Waals surface area (Å²) in [6, 6.07) is 0. The third-order valence-corrected chi connectivity index (χ3v) is 2.58. The van der Waals surface area contributed by atoms with Gasteiger partial charge in [0.05, 0.1) is 0 Å². The topological polar surface area (TPSA) is 0 Å². The molecular formula is C18H29. The lowest BCUT2D eigenvalue weighted by molar-refractivity contribution is 0.813. The molecule has 18 heavy (non-hydrogen) atoms. The number of hydrogen-bond acceptors (Lipinski definition) is 0. The molecule has 0 N–H and O–H groups in total. The van der Waals surface area contributed by atoms with Crippen LogP contribution in [0.25, 0.3) is 0 Å². The van der Waals surface area contributed by atoms with E-state index >= 15 is 0 Å². The molecule has 0 aromatic rings. The molecule has 1 radical (unpaired) electrons. The smallest absolute Gasteiger partial charge is 0.0169 e. The fourth-order valence-electron chi connectivity index (χ4n) is 1.49. The van der Waals surface area contributed by atoms with Gasteiger partial charge in [-0.2, -0.15) is 0 Å². The summed E-state index contributed by atoms with van der Waals surface area (Å²) < 4.78 is 0. The molecule has 0 aliphatic rings. The molecule has 0 heterocycles. The number of unbranched alkanes of at least 4 members (excludes halogenated alkanes) is 3. The zero-order valence-electron chi connectivity index (χ0n) is 12.0. The molecule has 0 fully saturated rings. The van der Waals surface area contributed by atoms with E-state index in [9.17, 15) is 0 Å². The van der Waals surface area contributed by atoms with E-state index in [4.69, 9.17) is 0 Å². The Labute approximate surface area is 114 Å². The highest BCUT2D eigenvalue weighted by molar-refractivity contribution is 4.99. The second-order valence-electron chi connectivity index (χ2n) is 4.38. The maximum absolute atomic E-state index is 3.80. The third-order valence-electron chi connectivity index (χ3n) is 2.58. The van der Waals surface area contributed by atoms with Crippen LogP contribution in [0.15, 0.2) is 48.6 Å². The highest BCUT2D eigenvalue weighted by Crippen LogP contribution is 1.98. The molecule has 0 nitrogen and oxygen atoms in total. The van der Waals surface area contributed by atoms with Crippen molar-refractivity contribution in [1.29, 1.82) is 0 Å². The van der Waals surface area contributed by atoms with E-state index in [1.807, 2.05) is 0 Å². The van der Waals surface area contributed by atoms with Crippen molar-refractivity contribution >= 4 is 0 Å². The van der Waals surface area contributed by atoms with Crippen LogP contribution in [0, 0.1) is 6.92 Å². The Kier molecular flexibility index (Phi) is 15.0. The summed E-state index contributed by atoms with van der Waals surface area (Å²) in [6.07, 6.45) is 27.0. The van der Waals surface area contributed by atoms with Crippen molar-refractivity contribution < 1.29 is 0 Å². The number of rotatable bonds is 11. The second kappa shape index (κ2) is 16.0. The summed E-state index contributed by atoms with van der Waals surface area (Å²) in [5.41, 5.74) is 0. The Morgan fingerprint density at radius 2 is 1.11 bits per heavy atom. The molecule has 101 valence electrons. The molecule has 0 atom stereocenters. The van der Waals surface area contributed by atoms with Gasteiger partial charge < -0.3 is 0 Å². The van der Waals surface area contributed by atoms with E-state index < -0.39 is 0 Å². The molecule has 0 bridgehead atoms. The van der Waals surface area contributed by atoms with Gasteiger partial charge in [0.1, 0.15) is 0 Å². The molecule has 0 heteroatoms. The van der Waals surface area contributed by atoms with Gasteiger partial charge in [-0.1, -0.05) is 75.3 Å². The van der Waals surface area contributed by atoms with Crippen LogP contribution in [0.1, 0.15) is 58.3 Å². The number of allylic oxidation sites excluding steroid dienone is 8. The van der Waals surface area contributed by atoms with Crippen LogP contribution in [0.4, 0.5) is 0 Å². The molecule has 0 aromatic heterocycles. The Morgan fingerprint density at radius 1 is 0.667 bits per heavy atom. The van der Waals surface area contributed by atoms with Crippen LogP contribution in [0.2, 0.25) is 0 Å². The van der Waals surface area contributed by atoms with E-state index in [-0.39, 0.29) is 0 Å². The molecule has 0 saturated carbocycles. The molecule has 0 saturated heterocycles. The fourth-order valence-corrected chi connectivity index (χ4v) is 1.49. The first-order valence-corrected chi connectivity index (χ1v) is 7.31. The lowest BCUT2D eigenvalue weighted by Crippen LogP contribution is -1.67. The first-order chi connectivity index (χ1) is 8.91. The van der Waals surface area contributed by atoms with Gasteiger partial charge in [0, 0.05) is 0 Å². The summed E-state index contributed by atoms with van der Waals surface area (Å²) in [7, 11) is 0. The molecule has 0 aromatic carbocycles. The maximum Gasteiger partial charge on any atom is -0.0169 e. The molecule has 0 aliphatic carbocycles. The monoisotopic (exact) mass is 245 g/mol. The van der Waals surface area contributed by atoms with E-state index in [1.165, 1.54) is 19.3 Å². The van der Waals surface area contributed by atoms with Crippen molar-refractivity contribution in [3.63, 3.8) is 0 Å². The van der Waals surface area contributed by atoms with E-state index in [0.29, 0.717) is 0 Å². The highest BCUT2D eigenvalue weighted by atomic mass is 13.8. The summed E-state index contributed by atoms with van der Waals surface area (Å²) in [5, 5.41) is 0. The summed E-state index contributed by atoms with van der Waals surface area (Å²) in [5.74, 6) is 0. The van der Waals surface area contributed by atoms with Gasteiger partial charge in [-0.3, -0.25) is 0 Å². The molecule has 0 aliphatic heterocycles. The van der Waals surface area contributed by atoms with E-state index in [0.717, 1.165) is 32.1 Å². The number of hydrogen-bond donors (Lipinski definition) is 0. The maximum atomic E-state index is 3.80. The highest BCUT2D eigenvalue weighted by Gasteiger charge is 1.77. The average Bonchev–Trinajstić information content (AvgIpc) is 2.39. The van der Waals surface area contributed by atoms with Gasteiger partial charge in [-0.05, 0) is 38.5 Å². The normalized spacial score (nSPS) is 12.8. The first kappa shape index (κ1) is 17.0. The van der Waals surface area contributed by atoms with Crippen LogP contribution in [0.5, 0.6) is 0 Å². The second-order valence-corrected chi connectivity index (χ2v) is 4.38. The van der Waals surface area contributed by atoms with Gasteiger partial charge in [-0.25, -0.2) is 0 Å². The molecule has 0 spiro atoms. The largest absolute Gasteiger partial charge is 0.0882 e. The van der Waals surface area contributed by atoms with Gasteiger partial charge in [0.2, 0.25) is 0 Å². The summed E-state index contributed by atoms with van der Waals surface area (Å²) in [4.78, 5) is 0. The van der Waals surface area contributed by atoms with Gasteiger partial charge >= 0.3 is 0 Å². The zero-order chi connectivity index (χ0) is 13.3. The van der Waals surface area contributed by atoms with Gasteiger partial charge in [-0.15, -0.1) is 0 Å². The van der Waals surface area contributed by atoms with Gasteiger partial charge in [0.15, 0.2) is 0 Å². The van der Waals surface area contributed by atoms with Crippen molar-refractivity contribution in [1.82, 2.24) is 0 Å². The van der Waals surface area contributed by atoms with Crippen LogP contribution in [-0.4, -0.2) is 0 Å². The Bertz CT molecular complexity index is 253. The molecule has 0 amide bonds. The van der Waals surface area contributed by atoms with Crippen molar-refractivity contribution in [2.45, 2.75) is 58.3 Å². The minimum Gasteiger partial charge on any atom is -0.0882 e. The van der Waals surface area contributed by atoms with E-state index in [1.54, 1.807) is 0 Å². The zero-order valence-corrected chi connectivity index (χ0v) is 12.0. The Balaban J connectivity index is 3.36. The van der Waals surface area contributed by atoms with Crippen molar-refractivity contribution in [2.24, 2.45) is 0 Å². The minimum absolute atomic E-state index is 0.995. The Morgan fingerprint density at radius 3 is 1.56 bits per heavy atom. The van der Waals surface area contributed by atoms with Crippen LogP contribution >= 0.6 is 0 Å². The SMILES string of the molecule is [CH2]CC/C=C\C/C=C\C/C=C\C/C=C\CCCC. The predicted octanol–water partition coefficient (Wildman–Crippen LogP) is 6.19. The lowest BCUT2D eigenvalue weighted by atomic mass is 10.2. The quantitative estimate of drug-likeness (QED) is 0.301. The van der Waals surface area contributed by atoms with Crippen molar-refractivity contribution in [3.05, 3.63) is 55.5 Å². The fraction of sp³-hybridized carbons (Fsp3) is 0.500. The lowest BCUT2D eigenvalue weighted by Gasteiger charge is -1.87. The molecule has 0 rings (SSSR count). The van der Waals surface area contributed by atoms with Crippen LogP contribution in [0.3, 0.4) is 0 Å². The van der Waals surface area contributed by atoms with Crippen LogP contribution in [-0.2, 0) is 0 Å². The third kappa shape index (κ3) is 15.0. The molecular weight excluding hydrogens is 216 g/mol. The summed E-state index contributed by atoms with van der Waals surface area (Å²) in [6.45, 7) is 6.03. The van der Waals surface area contributed by atoms with Crippen molar-refractivity contribution in [3.8, 4) is 0 Å². The standard InChI is InChI=1S/C18H29/c1-3-5-7-9-11-13-15-17-18-16-14-12-10-8-6-4-2/h7,9-10,12-13,15-16,18H,1,3-6,8,11,14,17H2,2H3/b9-7-,12-10-,15-13-,18-16-. The Hall–Kier alpha value is -1.04. The first-order valence-electron chi connectivity index (χ1n) is 7.31. The predicted molar refractivity (Wildman–Crippen MR) is 84.5 cm³/mol. The minimum atomic E-state index is 0.995. The van der Waals surface area contributed by atoms with Gasteiger partial charge in [0.25, 0.3) is 0 Å². The van der Waals surface area contributed by atoms with Crippen LogP contribution < -0.4 is 0 Å². The molecule has 0 unspecified atom stereocenters. The summed E-state index contributed by atoms with van der Waals surface area (Å²) >= 11 is 0. The average molecular weight is 245 g/mol. The van der Waals surface area contributed by atoms with E-state index in [2.05, 4.69) is 62.5 Å². The van der Waals surface area contributed by atoms with Crippen molar-refractivity contribution in [2.75, 3.05) is 0 Å².